The van der Waals surface area contributed by atoms with E-state index in [1.54, 1.807) is 17.0 Å². The number of rotatable bonds is 4. The molecule has 5 nitrogen and oxygen atoms in total. The van der Waals surface area contributed by atoms with Crippen molar-refractivity contribution < 1.29 is 18.7 Å². The minimum Gasteiger partial charge on any atom is -0.457 e. The zero-order chi connectivity index (χ0) is 21.4. The summed E-state index contributed by atoms with van der Waals surface area (Å²) < 4.78 is 19.1. The van der Waals surface area contributed by atoms with Crippen LogP contribution in [-0.2, 0) is 9.59 Å². The van der Waals surface area contributed by atoms with Crippen molar-refractivity contribution in [3.63, 3.8) is 0 Å². The van der Waals surface area contributed by atoms with Gasteiger partial charge in [-0.1, -0.05) is 36.4 Å². The second kappa shape index (κ2) is 7.87. The molecule has 0 aliphatic carbocycles. The second-order valence-electron chi connectivity index (χ2n) is 7.91. The van der Waals surface area contributed by atoms with E-state index in [0.717, 1.165) is 11.1 Å². The van der Waals surface area contributed by atoms with Crippen molar-refractivity contribution in [2.24, 2.45) is 5.92 Å². The molecule has 0 bridgehead atoms. The molecule has 2 aliphatic rings. The first kappa shape index (κ1) is 19.3. The molecule has 31 heavy (non-hydrogen) atoms. The van der Waals surface area contributed by atoms with E-state index >= 15 is 0 Å². The Hall–Kier alpha value is -3.67. The third-order valence-electron chi connectivity index (χ3n) is 5.85. The quantitative estimate of drug-likeness (QED) is 0.692. The average Bonchev–Trinajstić information content (AvgIpc) is 3.16. The van der Waals surface area contributed by atoms with Crippen molar-refractivity contribution in [2.75, 3.05) is 18.0 Å². The first-order chi connectivity index (χ1) is 15.1. The number of fused-ring (bicyclic) bond motifs is 2. The summed E-state index contributed by atoms with van der Waals surface area (Å²) in [4.78, 5) is 27.3. The van der Waals surface area contributed by atoms with Crippen LogP contribution in [0.4, 0.5) is 10.1 Å². The summed E-state index contributed by atoms with van der Waals surface area (Å²) >= 11 is 0. The van der Waals surface area contributed by atoms with Crippen molar-refractivity contribution in [2.45, 2.75) is 12.3 Å². The van der Waals surface area contributed by atoms with E-state index in [9.17, 15) is 14.0 Å². The molecule has 1 atom stereocenters. The number of benzene rings is 3. The average molecular weight is 416 g/mol. The Kier molecular flexibility index (Phi) is 4.90. The third kappa shape index (κ3) is 3.65. The summed E-state index contributed by atoms with van der Waals surface area (Å²) in [7, 11) is 0. The smallest absolute Gasteiger partial charge is 0.232 e. The van der Waals surface area contributed by atoms with Gasteiger partial charge in [-0.2, -0.15) is 0 Å². The maximum Gasteiger partial charge on any atom is 0.232 e. The number of hydrogen-bond donors (Lipinski definition) is 1. The summed E-state index contributed by atoms with van der Waals surface area (Å²) in [6, 6.07) is 21.0. The highest BCUT2D eigenvalue weighted by Crippen LogP contribution is 2.43. The Bertz CT molecular complexity index is 1100. The Morgan fingerprint density at radius 2 is 1.58 bits per heavy atom. The zero-order valence-electron chi connectivity index (χ0n) is 16.8. The fourth-order valence-electron chi connectivity index (χ4n) is 4.33. The number of anilines is 1. The normalized spacial score (nSPS) is 17.6. The van der Waals surface area contributed by atoms with Crippen molar-refractivity contribution in [3.8, 4) is 11.5 Å². The van der Waals surface area contributed by atoms with Crippen LogP contribution in [0.3, 0.4) is 0 Å². The number of halogens is 1. The summed E-state index contributed by atoms with van der Waals surface area (Å²) in [5, 5.41) is 3.04. The maximum absolute atomic E-state index is 13.2. The van der Waals surface area contributed by atoms with E-state index in [-0.39, 0.29) is 23.5 Å². The Balaban J connectivity index is 1.30. The van der Waals surface area contributed by atoms with Crippen LogP contribution in [0.15, 0.2) is 72.8 Å². The fraction of sp³-hybridized carbons (Fsp3) is 0.200. The van der Waals surface area contributed by atoms with Crippen LogP contribution in [0, 0.1) is 11.7 Å². The van der Waals surface area contributed by atoms with Gasteiger partial charge in [0.1, 0.15) is 17.3 Å². The first-order valence-corrected chi connectivity index (χ1v) is 10.3. The number of carbonyl (C=O) groups excluding carboxylic acids is 2. The van der Waals surface area contributed by atoms with Gasteiger partial charge in [0.05, 0.1) is 5.92 Å². The van der Waals surface area contributed by atoms with Crippen LogP contribution in [-0.4, -0.2) is 24.9 Å². The molecule has 3 aromatic rings. The number of hydrogen-bond acceptors (Lipinski definition) is 3. The largest absolute Gasteiger partial charge is 0.457 e. The number of carbonyl (C=O) groups is 2. The second-order valence-corrected chi connectivity index (χ2v) is 7.91. The molecule has 2 amide bonds. The molecule has 1 fully saturated rings. The van der Waals surface area contributed by atoms with Gasteiger partial charge < -0.3 is 15.0 Å². The van der Waals surface area contributed by atoms with Crippen molar-refractivity contribution in [3.05, 3.63) is 89.7 Å². The van der Waals surface area contributed by atoms with E-state index in [4.69, 9.17) is 4.74 Å². The van der Waals surface area contributed by atoms with Crippen LogP contribution in [0.2, 0.25) is 0 Å². The van der Waals surface area contributed by atoms with Crippen LogP contribution < -0.4 is 15.0 Å². The Labute approximate surface area is 179 Å². The Morgan fingerprint density at radius 3 is 2.23 bits per heavy atom. The molecule has 5 rings (SSSR count). The highest BCUT2D eigenvalue weighted by molar-refractivity contribution is 5.96. The number of nitrogens with zero attached hydrogens (tertiary/aromatic N) is 1. The highest BCUT2D eigenvalue weighted by Gasteiger charge is 2.34. The molecule has 156 valence electrons. The van der Waals surface area contributed by atoms with Gasteiger partial charge in [-0.05, 0) is 36.4 Å². The van der Waals surface area contributed by atoms with Crippen LogP contribution in [0.5, 0.6) is 11.5 Å². The number of nitrogens with one attached hydrogen (secondary N) is 1. The van der Waals surface area contributed by atoms with Gasteiger partial charge in [-0.15, -0.1) is 0 Å². The molecule has 0 aromatic heterocycles. The lowest BCUT2D eigenvalue weighted by Crippen LogP contribution is -2.35. The van der Waals surface area contributed by atoms with E-state index in [2.05, 4.69) is 5.32 Å². The van der Waals surface area contributed by atoms with Gasteiger partial charge in [0, 0.05) is 42.2 Å². The summed E-state index contributed by atoms with van der Waals surface area (Å²) in [5.41, 5.74) is 2.33. The van der Waals surface area contributed by atoms with Gasteiger partial charge in [-0.25, -0.2) is 4.39 Å². The molecule has 1 unspecified atom stereocenters. The fourth-order valence-corrected chi connectivity index (χ4v) is 4.33. The van der Waals surface area contributed by atoms with Gasteiger partial charge in [0.2, 0.25) is 11.8 Å². The molecule has 3 aromatic carbocycles. The van der Waals surface area contributed by atoms with E-state index < -0.39 is 5.92 Å². The lowest BCUT2D eigenvalue weighted by atomic mass is 9.87. The van der Waals surface area contributed by atoms with Crippen molar-refractivity contribution in [1.82, 2.24) is 5.32 Å². The summed E-state index contributed by atoms with van der Waals surface area (Å²) in [6.07, 6.45) is 0.346. The lowest BCUT2D eigenvalue weighted by Gasteiger charge is -2.27. The standard InChI is InChI=1S/C25H21FN2O3/c26-17-9-11-18(12-10-17)28-15-16(13-23(28)29)14-27-25(30)24-19-5-1-3-7-21(19)31-22-8-4-2-6-20(22)24/h1-12,16,24H,13-15H2,(H,27,30). The van der Waals surface area contributed by atoms with Crippen molar-refractivity contribution in [1.29, 1.82) is 0 Å². The zero-order valence-corrected chi connectivity index (χ0v) is 16.8. The molecule has 0 radical (unpaired) electrons. The minimum absolute atomic E-state index is 0.00756. The predicted molar refractivity (Wildman–Crippen MR) is 115 cm³/mol. The number of para-hydroxylation sites is 2. The predicted octanol–water partition coefficient (Wildman–Crippen LogP) is 4.23. The monoisotopic (exact) mass is 416 g/mol. The molecule has 1 saturated heterocycles. The number of amides is 2. The highest BCUT2D eigenvalue weighted by atomic mass is 19.1. The maximum atomic E-state index is 13.2. The molecular weight excluding hydrogens is 395 g/mol. The van der Waals surface area contributed by atoms with Gasteiger partial charge >= 0.3 is 0 Å². The van der Waals surface area contributed by atoms with E-state index in [0.29, 0.717) is 36.7 Å². The molecule has 6 heteroatoms. The van der Waals surface area contributed by atoms with Crippen LogP contribution in [0.25, 0.3) is 0 Å². The molecular formula is C25H21FN2O3. The van der Waals surface area contributed by atoms with E-state index in [1.807, 2.05) is 48.5 Å². The van der Waals surface area contributed by atoms with Crippen LogP contribution >= 0.6 is 0 Å². The number of ether oxygens (including phenoxy) is 1. The van der Waals surface area contributed by atoms with Crippen molar-refractivity contribution >= 4 is 17.5 Å². The van der Waals surface area contributed by atoms with Gasteiger partial charge in [-0.3, -0.25) is 9.59 Å². The molecule has 0 spiro atoms. The molecule has 2 aliphatic heterocycles. The molecule has 2 heterocycles. The lowest BCUT2D eigenvalue weighted by molar-refractivity contribution is -0.122. The topological polar surface area (TPSA) is 58.6 Å². The Morgan fingerprint density at radius 1 is 0.968 bits per heavy atom. The van der Waals surface area contributed by atoms with Crippen LogP contribution in [0.1, 0.15) is 23.5 Å². The third-order valence-corrected chi connectivity index (χ3v) is 5.85. The first-order valence-electron chi connectivity index (χ1n) is 10.3. The summed E-state index contributed by atoms with van der Waals surface area (Å²) in [6.45, 7) is 0.885. The summed E-state index contributed by atoms with van der Waals surface area (Å²) in [5.74, 6) is 0.415. The SMILES string of the molecule is O=C(NCC1CC(=O)N(c2ccc(F)cc2)C1)C1c2ccccc2Oc2ccccc21. The van der Waals surface area contributed by atoms with Gasteiger partial charge in [0.25, 0.3) is 0 Å². The van der Waals surface area contributed by atoms with E-state index in [1.165, 1.54) is 12.1 Å². The molecule has 0 saturated carbocycles. The van der Waals surface area contributed by atoms with Gasteiger partial charge in [0.15, 0.2) is 0 Å². The minimum atomic E-state index is -0.466. The molecule has 1 N–H and O–H groups in total.